The summed E-state index contributed by atoms with van der Waals surface area (Å²) in [6, 6.07) is 16.7. The van der Waals surface area contributed by atoms with Crippen LogP contribution in [0.15, 0.2) is 82.9 Å². The van der Waals surface area contributed by atoms with Gasteiger partial charge >= 0.3 is 0 Å². The normalized spacial score (nSPS) is 11.7. The molecule has 0 aliphatic rings. The highest BCUT2D eigenvalue weighted by Crippen LogP contribution is 2.23. The van der Waals surface area contributed by atoms with E-state index < -0.39 is 0 Å². The highest BCUT2D eigenvalue weighted by molar-refractivity contribution is 6.03. The van der Waals surface area contributed by atoms with Crippen molar-refractivity contribution in [2.24, 2.45) is 0 Å². The Morgan fingerprint density at radius 1 is 0.767 bits per heavy atom. The van der Waals surface area contributed by atoms with Crippen LogP contribution in [-0.4, -0.2) is 19.5 Å². The number of aromatic amines is 2. The van der Waals surface area contributed by atoms with Crippen LogP contribution in [0.4, 0.5) is 0 Å². The number of rotatable bonds is 2. The van der Waals surface area contributed by atoms with Gasteiger partial charge in [-0.1, -0.05) is 24.3 Å². The van der Waals surface area contributed by atoms with E-state index in [1.54, 1.807) is 24.7 Å². The molecule has 3 aromatic heterocycles. The van der Waals surface area contributed by atoms with Gasteiger partial charge in [-0.25, -0.2) is 4.98 Å². The zero-order chi connectivity index (χ0) is 20.2. The third-order valence-electron chi connectivity index (χ3n) is 5.65. The lowest BCUT2D eigenvalue weighted by Gasteiger charge is -2.10. The minimum atomic E-state index is -0.0506. The molecule has 0 unspecified atom stereocenters. The van der Waals surface area contributed by atoms with Crippen molar-refractivity contribution in [1.29, 1.82) is 0 Å². The van der Waals surface area contributed by atoms with Crippen molar-refractivity contribution in [1.82, 2.24) is 19.5 Å². The number of fused-ring (bicyclic) bond motifs is 4. The van der Waals surface area contributed by atoms with Crippen molar-refractivity contribution in [2.75, 3.05) is 0 Å². The molecule has 0 atom stereocenters. The van der Waals surface area contributed by atoms with Gasteiger partial charge in [-0.3, -0.25) is 9.59 Å². The van der Waals surface area contributed by atoms with Gasteiger partial charge in [0.15, 0.2) is 10.9 Å². The van der Waals surface area contributed by atoms with Crippen LogP contribution in [0.25, 0.3) is 43.6 Å². The summed E-state index contributed by atoms with van der Waals surface area (Å²) < 4.78 is 1.93. The highest BCUT2D eigenvalue weighted by Gasteiger charge is 2.13. The fourth-order valence-corrected chi connectivity index (χ4v) is 4.22. The number of benzene rings is 3. The second-order valence-electron chi connectivity index (χ2n) is 7.47. The first-order chi connectivity index (χ1) is 14.7. The summed E-state index contributed by atoms with van der Waals surface area (Å²) in [7, 11) is 0. The van der Waals surface area contributed by atoms with E-state index in [1.807, 2.05) is 53.2 Å². The molecule has 3 heterocycles. The van der Waals surface area contributed by atoms with Crippen molar-refractivity contribution in [2.45, 2.75) is 6.54 Å². The van der Waals surface area contributed by atoms with Gasteiger partial charge in [-0.2, -0.15) is 0 Å². The Bertz CT molecular complexity index is 1710. The number of imidazole rings is 1. The second-order valence-corrected chi connectivity index (χ2v) is 7.47. The Hall–Kier alpha value is -4.19. The molecule has 0 aliphatic heterocycles. The summed E-state index contributed by atoms with van der Waals surface area (Å²) in [6.07, 6.45) is 5.33. The van der Waals surface area contributed by atoms with E-state index in [-0.39, 0.29) is 10.9 Å². The quantitative estimate of drug-likeness (QED) is 0.438. The van der Waals surface area contributed by atoms with Crippen LogP contribution in [-0.2, 0) is 6.54 Å². The van der Waals surface area contributed by atoms with Crippen molar-refractivity contribution >= 4 is 43.6 Å². The van der Waals surface area contributed by atoms with E-state index in [9.17, 15) is 9.59 Å². The largest absolute Gasteiger partial charge is 0.354 e. The minimum Gasteiger partial charge on any atom is -0.354 e. The Morgan fingerprint density at radius 3 is 2.30 bits per heavy atom. The molecule has 0 bridgehead atoms. The average molecular weight is 392 g/mol. The summed E-state index contributed by atoms with van der Waals surface area (Å²) >= 11 is 0. The highest BCUT2D eigenvalue weighted by atomic mass is 16.1. The van der Waals surface area contributed by atoms with Crippen LogP contribution in [0.5, 0.6) is 0 Å². The summed E-state index contributed by atoms with van der Waals surface area (Å²) in [4.78, 5) is 37.2. The van der Waals surface area contributed by atoms with Crippen LogP contribution >= 0.6 is 0 Å². The number of nitrogens with one attached hydrogen (secondary N) is 2. The Morgan fingerprint density at radius 2 is 1.50 bits per heavy atom. The van der Waals surface area contributed by atoms with Gasteiger partial charge < -0.3 is 14.5 Å². The molecule has 0 saturated carbocycles. The monoisotopic (exact) mass is 392 g/mol. The molecule has 0 radical (unpaired) electrons. The van der Waals surface area contributed by atoms with Gasteiger partial charge in [0.05, 0.1) is 28.3 Å². The molecule has 6 rings (SSSR count). The van der Waals surface area contributed by atoms with Crippen LogP contribution < -0.4 is 10.9 Å². The van der Waals surface area contributed by atoms with Gasteiger partial charge in [-0.05, 0) is 35.9 Å². The lowest BCUT2D eigenvalue weighted by atomic mass is 10.0. The van der Waals surface area contributed by atoms with Gasteiger partial charge in [0, 0.05) is 40.6 Å². The van der Waals surface area contributed by atoms with Crippen LogP contribution in [0.3, 0.4) is 0 Å². The molecule has 6 heteroatoms. The van der Waals surface area contributed by atoms with Crippen LogP contribution in [0, 0.1) is 0 Å². The third-order valence-corrected chi connectivity index (χ3v) is 5.65. The molecule has 2 N–H and O–H groups in total. The number of nitrogens with zero attached hydrogens (tertiary/aromatic N) is 2. The summed E-state index contributed by atoms with van der Waals surface area (Å²) in [5.74, 6) is 0. The number of para-hydroxylation sites is 1. The Balaban J connectivity index is 1.70. The molecule has 6 nitrogen and oxygen atoms in total. The topological polar surface area (TPSA) is 83.5 Å². The van der Waals surface area contributed by atoms with Crippen molar-refractivity contribution in [3.8, 4) is 0 Å². The molecule has 3 aromatic carbocycles. The molecule has 0 amide bonds. The predicted octanol–water partition coefficient (Wildman–Crippen LogP) is 3.92. The fourth-order valence-electron chi connectivity index (χ4n) is 4.22. The number of hydrogen-bond acceptors (Lipinski definition) is 3. The SMILES string of the molecule is O=c1c2ccccc2[nH]c2cc3c(=O)c4c(Cn5ccnc5)cccc4[nH]c3cc12. The standard InChI is InChI=1S/C24H16N4O2/c29-23-15-5-1-2-6-18(15)26-20-11-17-21(10-16(20)23)27-19-7-3-4-14(22(19)24(17)30)12-28-9-8-25-13-28/h1-11,13H,12H2,(H,26,29)(H,27,30). The lowest BCUT2D eigenvalue weighted by molar-refractivity contribution is 0.802. The third kappa shape index (κ3) is 2.40. The minimum absolute atomic E-state index is 0.0453. The first-order valence-electron chi connectivity index (χ1n) is 9.67. The number of hydrogen-bond donors (Lipinski definition) is 2. The predicted molar refractivity (Wildman–Crippen MR) is 119 cm³/mol. The van der Waals surface area contributed by atoms with E-state index in [1.165, 1.54) is 0 Å². The van der Waals surface area contributed by atoms with E-state index in [2.05, 4.69) is 15.0 Å². The molecule has 0 fully saturated rings. The number of pyridine rings is 2. The smallest absolute Gasteiger partial charge is 0.197 e. The second kappa shape index (κ2) is 6.15. The van der Waals surface area contributed by atoms with Crippen molar-refractivity contribution < 1.29 is 0 Å². The first-order valence-corrected chi connectivity index (χ1v) is 9.67. The van der Waals surface area contributed by atoms with E-state index in [0.717, 1.165) is 16.6 Å². The maximum atomic E-state index is 13.5. The molecular weight excluding hydrogens is 376 g/mol. The van der Waals surface area contributed by atoms with Gasteiger partial charge in [0.1, 0.15) is 0 Å². The fraction of sp³-hybridized carbons (Fsp3) is 0.0417. The summed E-state index contributed by atoms with van der Waals surface area (Å²) in [5.41, 5.74) is 3.64. The maximum absolute atomic E-state index is 13.5. The molecule has 0 saturated heterocycles. The van der Waals surface area contributed by atoms with Gasteiger partial charge in [-0.15, -0.1) is 0 Å². The zero-order valence-electron chi connectivity index (χ0n) is 15.8. The average Bonchev–Trinajstić information content (AvgIpc) is 3.27. The van der Waals surface area contributed by atoms with E-state index in [4.69, 9.17) is 0 Å². The molecular formula is C24H16N4O2. The first kappa shape index (κ1) is 16.7. The molecule has 6 aromatic rings. The van der Waals surface area contributed by atoms with Crippen molar-refractivity contribution in [3.05, 3.63) is 99.3 Å². The van der Waals surface area contributed by atoms with Gasteiger partial charge in [0.2, 0.25) is 0 Å². The Kier molecular flexibility index (Phi) is 3.43. The van der Waals surface area contributed by atoms with Crippen LogP contribution in [0.1, 0.15) is 5.56 Å². The molecule has 0 spiro atoms. The molecule has 0 aliphatic carbocycles. The summed E-state index contributed by atoms with van der Waals surface area (Å²) in [6.45, 7) is 0.557. The summed E-state index contributed by atoms with van der Waals surface area (Å²) in [5, 5.41) is 2.40. The zero-order valence-corrected chi connectivity index (χ0v) is 15.8. The molecule has 144 valence electrons. The number of aromatic nitrogens is 4. The number of H-pyrrole nitrogens is 2. The maximum Gasteiger partial charge on any atom is 0.197 e. The van der Waals surface area contributed by atoms with Crippen molar-refractivity contribution in [3.63, 3.8) is 0 Å². The van der Waals surface area contributed by atoms with Gasteiger partial charge in [0.25, 0.3) is 0 Å². The van der Waals surface area contributed by atoms with E-state index >= 15 is 0 Å². The Labute approximate surface area is 169 Å². The van der Waals surface area contributed by atoms with Crippen LogP contribution in [0.2, 0.25) is 0 Å². The molecule has 30 heavy (non-hydrogen) atoms. The van der Waals surface area contributed by atoms with E-state index in [0.29, 0.717) is 39.1 Å². The lowest BCUT2D eigenvalue weighted by Crippen LogP contribution is -2.10.